The fraction of sp³-hybridized carbons (Fsp3) is 0.500. The Morgan fingerprint density at radius 1 is 1.21 bits per heavy atom. The molecule has 1 atom stereocenters. The lowest BCUT2D eigenvalue weighted by molar-refractivity contribution is 0.0294. The van der Waals surface area contributed by atoms with Crippen molar-refractivity contribution >= 4 is 5.69 Å². The van der Waals surface area contributed by atoms with E-state index in [1.165, 1.54) is 5.56 Å². The van der Waals surface area contributed by atoms with E-state index < -0.39 is 0 Å². The Balaban J connectivity index is 2.82. The molecule has 0 spiro atoms. The summed E-state index contributed by atoms with van der Waals surface area (Å²) in [6, 6.07) is 7.92. The van der Waals surface area contributed by atoms with Crippen LogP contribution in [0, 0.1) is 5.92 Å². The molecule has 0 aliphatic rings. The van der Waals surface area contributed by atoms with Gasteiger partial charge in [-0.15, -0.1) is 0 Å². The quantitative estimate of drug-likeness (QED) is 0.746. The minimum atomic E-state index is 0.181. The average molecular weight is 193 g/mol. The number of anilines is 1. The number of nitrogens with two attached hydrogens (primary N) is 1. The highest BCUT2D eigenvalue weighted by Crippen LogP contribution is 2.26. The highest BCUT2D eigenvalue weighted by molar-refractivity contribution is 5.39. The fourth-order valence-corrected chi connectivity index (χ4v) is 1.54. The van der Waals surface area contributed by atoms with Gasteiger partial charge in [0.1, 0.15) is 0 Å². The van der Waals surface area contributed by atoms with Gasteiger partial charge in [0.25, 0.3) is 0 Å². The Kier molecular flexibility index (Phi) is 3.96. The first-order valence-corrected chi connectivity index (χ1v) is 5.12. The van der Waals surface area contributed by atoms with Gasteiger partial charge < -0.3 is 10.5 Å². The summed E-state index contributed by atoms with van der Waals surface area (Å²) >= 11 is 0. The Labute approximate surface area is 86.1 Å². The highest BCUT2D eigenvalue weighted by atomic mass is 16.5. The first-order valence-electron chi connectivity index (χ1n) is 5.12. The molecule has 2 N–H and O–H groups in total. The summed E-state index contributed by atoms with van der Waals surface area (Å²) in [5.74, 6) is 0.485. The minimum absolute atomic E-state index is 0.181. The lowest BCUT2D eigenvalue weighted by atomic mass is 9.99. The van der Waals surface area contributed by atoms with Crippen molar-refractivity contribution in [2.75, 3.05) is 12.3 Å². The Hall–Kier alpha value is -1.02. The number of rotatable bonds is 4. The number of benzene rings is 1. The molecule has 0 aromatic heterocycles. The molecule has 0 amide bonds. The van der Waals surface area contributed by atoms with Crippen molar-refractivity contribution in [2.45, 2.75) is 26.9 Å². The largest absolute Gasteiger partial charge is 0.399 e. The first kappa shape index (κ1) is 11.1. The van der Waals surface area contributed by atoms with Gasteiger partial charge in [-0.3, -0.25) is 0 Å². The molecule has 0 radical (unpaired) electrons. The van der Waals surface area contributed by atoms with Gasteiger partial charge in [0.2, 0.25) is 0 Å². The Morgan fingerprint density at radius 2 is 1.79 bits per heavy atom. The van der Waals surface area contributed by atoms with Crippen LogP contribution < -0.4 is 5.73 Å². The summed E-state index contributed by atoms with van der Waals surface area (Å²) < 4.78 is 5.69. The van der Waals surface area contributed by atoms with Crippen molar-refractivity contribution in [1.82, 2.24) is 0 Å². The van der Waals surface area contributed by atoms with Gasteiger partial charge in [0, 0.05) is 12.3 Å². The first-order chi connectivity index (χ1) is 6.65. The van der Waals surface area contributed by atoms with Crippen LogP contribution in [0.2, 0.25) is 0 Å². The third-order valence-electron chi connectivity index (χ3n) is 2.22. The molecule has 2 heteroatoms. The van der Waals surface area contributed by atoms with Crippen molar-refractivity contribution in [3.05, 3.63) is 29.8 Å². The molecule has 0 heterocycles. The summed E-state index contributed by atoms with van der Waals surface area (Å²) in [5.41, 5.74) is 7.64. The molecule has 0 aliphatic heterocycles. The second kappa shape index (κ2) is 5.01. The van der Waals surface area contributed by atoms with Gasteiger partial charge in [0.05, 0.1) is 6.10 Å². The molecular formula is C12H19NO. The van der Waals surface area contributed by atoms with Gasteiger partial charge in [-0.2, -0.15) is 0 Å². The van der Waals surface area contributed by atoms with Crippen LogP contribution in [-0.4, -0.2) is 6.61 Å². The van der Waals surface area contributed by atoms with E-state index in [1.807, 2.05) is 31.2 Å². The molecule has 1 aromatic carbocycles. The summed E-state index contributed by atoms with van der Waals surface area (Å²) in [6.07, 6.45) is 0.181. The molecule has 2 nitrogen and oxygen atoms in total. The Morgan fingerprint density at radius 3 is 2.21 bits per heavy atom. The zero-order chi connectivity index (χ0) is 10.6. The topological polar surface area (TPSA) is 35.2 Å². The Bertz CT molecular complexity index is 266. The van der Waals surface area contributed by atoms with E-state index in [4.69, 9.17) is 10.5 Å². The normalized spacial score (nSPS) is 13.1. The number of nitrogen functional groups attached to an aromatic ring is 1. The third kappa shape index (κ3) is 2.74. The van der Waals surface area contributed by atoms with Gasteiger partial charge in [-0.25, -0.2) is 0 Å². The summed E-state index contributed by atoms with van der Waals surface area (Å²) in [5, 5.41) is 0. The van der Waals surface area contributed by atoms with Crippen LogP contribution in [0.5, 0.6) is 0 Å². The van der Waals surface area contributed by atoms with Crippen molar-refractivity contribution in [1.29, 1.82) is 0 Å². The fourth-order valence-electron chi connectivity index (χ4n) is 1.54. The lowest BCUT2D eigenvalue weighted by Gasteiger charge is -2.21. The third-order valence-corrected chi connectivity index (χ3v) is 2.22. The molecule has 0 unspecified atom stereocenters. The molecule has 0 aliphatic carbocycles. The molecule has 0 bridgehead atoms. The van der Waals surface area contributed by atoms with Crippen LogP contribution in [0.4, 0.5) is 5.69 Å². The van der Waals surface area contributed by atoms with E-state index in [9.17, 15) is 0 Å². The van der Waals surface area contributed by atoms with E-state index in [-0.39, 0.29) is 6.10 Å². The van der Waals surface area contributed by atoms with E-state index in [0.29, 0.717) is 5.92 Å². The summed E-state index contributed by atoms with van der Waals surface area (Å²) in [4.78, 5) is 0. The zero-order valence-corrected chi connectivity index (χ0v) is 9.16. The zero-order valence-electron chi connectivity index (χ0n) is 9.16. The van der Waals surface area contributed by atoms with Gasteiger partial charge in [-0.1, -0.05) is 26.0 Å². The van der Waals surface area contributed by atoms with Gasteiger partial charge in [-0.05, 0) is 30.5 Å². The molecule has 78 valence electrons. The monoisotopic (exact) mass is 193 g/mol. The average Bonchev–Trinajstić information content (AvgIpc) is 2.15. The summed E-state index contributed by atoms with van der Waals surface area (Å²) in [6.45, 7) is 7.09. The number of ether oxygens (including phenoxy) is 1. The predicted octanol–water partition coefficient (Wildman–Crippen LogP) is 3.00. The maximum atomic E-state index is 5.69. The van der Waals surface area contributed by atoms with Crippen LogP contribution in [-0.2, 0) is 4.74 Å². The van der Waals surface area contributed by atoms with Gasteiger partial charge in [0.15, 0.2) is 0 Å². The van der Waals surface area contributed by atoms with Crippen LogP contribution in [0.25, 0.3) is 0 Å². The summed E-state index contributed by atoms with van der Waals surface area (Å²) in [7, 11) is 0. The van der Waals surface area contributed by atoms with E-state index in [2.05, 4.69) is 13.8 Å². The molecule has 0 fully saturated rings. The van der Waals surface area contributed by atoms with Crippen LogP contribution >= 0.6 is 0 Å². The van der Waals surface area contributed by atoms with Crippen molar-refractivity contribution in [3.8, 4) is 0 Å². The maximum absolute atomic E-state index is 5.69. The molecule has 1 aromatic rings. The molecule has 0 saturated heterocycles. The number of hydrogen-bond donors (Lipinski definition) is 1. The van der Waals surface area contributed by atoms with Crippen LogP contribution in [0.1, 0.15) is 32.4 Å². The molecule has 0 saturated carbocycles. The molecule has 14 heavy (non-hydrogen) atoms. The van der Waals surface area contributed by atoms with Crippen LogP contribution in [0.15, 0.2) is 24.3 Å². The molecule has 1 rings (SSSR count). The van der Waals surface area contributed by atoms with Crippen molar-refractivity contribution in [2.24, 2.45) is 5.92 Å². The second-order valence-electron chi connectivity index (χ2n) is 3.79. The van der Waals surface area contributed by atoms with E-state index >= 15 is 0 Å². The SMILES string of the molecule is CCO[C@H](c1ccc(N)cc1)C(C)C. The smallest absolute Gasteiger partial charge is 0.0847 e. The van der Waals surface area contributed by atoms with Crippen LogP contribution in [0.3, 0.4) is 0 Å². The minimum Gasteiger partial charge on any atom is -0.399 e. The predicted molar refractivity (Wildman–Crippen MR) is 60.1 cm³/mol. The van der Waals surface area contributed by atoms with Gasteiger partial charge >= 0.3 is 0 Å². The van der Waals surface area contributed by atoms with E-state index in [1.54, 1.807) is 0 Å². The maximum Gasteiger partial charge on any atom is 0.0847 e. The lowest BCUT2D eigenvalue weighted by Crippen LogP contribution is -2.11. The molecular weight excluding hydrogens is 174 g/mol. The van der Waals surface area contributed by atoms with E-state index in [0.717, 1.165) is 12.3 Å². The standard InChI is InChI=1S/C12H19NO/c1-4-14-12(9(2)3)10-5-7-11(13)8-6-10/h5-9,12H,4,13H2,1-3H3/t12-/m0/s1. The highest BCUT2D eigenvalue weighted by Gasteiger charge is 2.15. The van der Waals surface area contributed by atoms with Crippen molar-refractivity contribution < 1.29 is 4.74 Å². The number of hydrogen-bond acceptors (Lipinski definition) is 2. The second-order valence-corrected chi connectivity index (χ2v) is 3.79. The van der Waals surface area contributed by atoms with Crippen molar-refractivity contribution in [3.63, 3.8) is 0 Å².